The zero-order valence-electron chi connectivity index (χ0n) is 20.0. The van der Waals surface area contributed by atoms with E-state index in [1.54, 1.807) is 0 Å². The number of halogens is 9. The molecule has 0 saturated carbocycles. The van der Waals surface area contributed by atoms with Gasteiger partial charge in [-0.2, -0.15) is 39.5 Å². The molecule has 0 bridgehead atoms. The van der Waals surface area contributed by atoms with Crippen LogP contribution in [0.5, 0.6) is 0 Å². The monoisotopic (exact) mass is 556 g/mol. The van der Waals surface area contributed by atoms with Gasteiger partial charge in [-0.05, 0) is 74.3 Å². The Morgan fingerprint density at radius 1 is 0.590 bits per heavy atom. The number of benzene rings is 5. The molecule has 0 N–H and O–H groups in total. The Balaban J connectivity index is 1.95. The van der Waals surface area contributed by atoms with Gasteiger partial charge >= 0.3 is 24.5 Å². The molecular weight excluding hydrogens is 539 g/mol. The van der Waals surface area contributed by atoms with Gasteiger partial charge in [0.15, 0.2) is 0 Å². The molecule has 0 spiro atoms. The number of carbonyl (C=O) groups excluding carboxylic acids is 1. The Hall–Kier alpha value is -3.76. The number of alkyl halides is 9. The minimum Gasteiger partial charge on any atom is -0.469 e. The van der Waals surface area contributed by atoms with E-state index in [-0.39, 0.29) is 62.5 Å². The molecule has 5 aromatic rings. The molecule has 39 heavy (non-hydrogen) atoms. The Kier molecular flexibility index (Phi) is 6.12. The minimum atomic E-state index is -5.11. The van der Waals surface area contributed by atoms with Crippen molar-refractivity contribution < 1.29 is 49.0 Å². The summed E-state index contributed by atoms with van der Waals surface area (Å²) in [4.78, 5) is 11.5. The lowest BCUT2D eigenvalue weighted by atomic mass is 9.83. The molecule has 0 aliphatic carbocycles. The number of hydrogen-bond donors (Lipinski definition) is 0. The first-order valence-electron chi connectivity index (χ1n) is 11.6. The zero-order valence-corrected chi connectivity index (χ0v) is 20.0. The second-order valence-electron chi connectivity index (χ2n) is 9.18. The normalized spacial score (nSPS) is 13.3. The third-order valence-corrected chi connectivity index (χ3v) is 6.96. The topological polar surface area (TPSA) is 26.3 Å². The standard InChI is InChI=1S/C28H17F9O2/c1-39-21(38)4-2-3-13-5-6-14-16-8-11-19(27(32,33)34)25-20(28(35,36)37)12-9-17(24(16)25)15-7-10-18(26(29,30)31)22(13)23(14)15/h5-12H,2-4H2,1H3. The van der Waals surface area contributed by atoms with Crippen LogP contribution in [-0.4, -0.2) is 13.1 Å². The number of carbonyl (C=O) groups is 1. The molecular formula is C28H17F9O2. The van der Waals surface area contributed by atoms with E-state index >= 15 is 0 Å². The quantitative estimate of drug-likeness (QED) is 0.0955. The molecule has 5 rings (SSSR count). The van der Waals surface area contributed by atoms with Gasteiger partial charge in [0.2, 0.25) is 0 Å². The number of esters is 1. The third kappa shape index (κ3) is 4.37. The van der Waals surface area contributed by atoms with Crippen LogP contribution in [-0.2, 0) is 34.5 Å². The van der Waals surface area contributed by atoms with E-state index in [2.05, 4.69) is 4.74 Å². The van der Waals surface area contributed by atoms with Crippen LogP contribution in [0.2, 0.25) is 0 Å². The highest BCUT2D eigenvalue weighted by molar-refractivity contribution is 6.34. The molecule has 5 aromatic carbocycles. The van der Waals surface area contributed by atoms with Crippen LogP contribution in [0.4, 0.5) is 39.5 Å². The molecule has 0 aliphatic heterocycles. The molecule has 0 radical (unpaired) electrons. The molecule has 204 valence electrons. The number of rotatable bonds is 4. The molecule has 0 unspecified atom stereocenters. The van der Waals surface area contributed by atoms with Crippen molar-refractivity contribution in [2.24, 2.45) is 0 Å². The summed E-state index contributed by atoms with van der Waals surface area (Å²) >= 11 is 0. The number of fused-ring (bicyclic) bond motifs is 2. The highest BCUT2D eigenvalue weighted by Gasteiger charge is 2.40. The van der Waals surface area contributed by atoms with Crippen LogP contribution >= 0.6 is 0 Å². The van der Waals surface area contributed by atoms with Gasteiger partial charge in [0, 0.05) is 11.8 Å². The van der Waals surface area contributed by atoms with Gasteiger partial charge < -0.3 is 4.74 Å². The predicted octanol–water partition coefficient (Wildman–Crippen LogP) is 9.29. The fraction of sp³-hybridized carbons (Fsp3) is 0.250. The van der Waals surface area contributed by atoms with E-state index in [4.69, 9.17) is 0 Å². The van der Waals surface area contributed by atoms with Crippen molar-refractivity contribution >= 4 is 49.1 Å². The van der Waals surface area contributed by atoms with Crippen LogP contribution in [0.1, 0.15) is 35.1 Å². The summed E-state index contributed by atoms with van der Waals surface area (Å²) in [6.07, 6.45) is -14.9. The Morgan fingerprint density at radius 2 is 0.974 bits per heavy atom. The molecule has 2 nitrogen and oxygen atoms in total. The lowest BCUT2D eigenvalue weighted by molar-refractivity contribution is -0.141. The molecule has 0 saturated heterocycles. The summed E-state index contributed by atoms with van der Waals surface area (Å²) in [6.45, 7) is 0. The Bertz CT molecular complexity index is 1680. The zero-order chi connectivity index (χ0) is 28.5. The second kappa shape index (κ2) is 8.89. The number of aryl methyl sites for hydroxylation is 1. The molecule has 0 aliphatic rings. The van der Waals surface area contributed by atoms with Gasteiger partial charge in [0.05, 0.1) is 23.8 Å². The molecule has 0 fully saturated rings. The molecule has 0 amide bonds. The van der Waals surface area contributed by atoms with Gasteiger partial charge in [-0.3, -0.25) is 4.79 Å². The highest BCUT2D eigenvalue weighted by atomic mass is 19.4. The maximum Gasteiger partial charge on any atom is 0.417 e. The van der Waals surface area contributed by atoms with Crippen LogP contribution in [0.3, 0.4) is 0 Å². The minimum absolute atomic E-state index is 0.0305. The van der Waals surface area contributed by atoms with Crippen LogP contribution < -0.4 is 0 Å². The largest absolute Gasteiger partial charge is 0.469 e. The lowest BCUT2D eigenvalue weighted by Gasteiger charge is -2.23. The molecule has 0 heterocycles. The average molecular weight is 556 g/mol. The van der Waals surface area contributed by atoms with E-state index in [0.717, 1.165) is 24.3 Å². The Labute approximate surface area is 214 Å². The van der Waals surface area contributed by atoms with Crippen molar-refractivity contribution in [3.63, 3.8) is 0 Å². The summed E-state index contributed by atoms with van der Waals surface area (Å²) in [5.74, 6) is -0.546. The van der Waals surface area contributed by atoms with Crippen molar-refractivity contribution in [3.05, 3.63) is 70.8 Å². The van der Waals surface area contributed by atoms with Gasteiger partial charge in [0.25, 0.3) is 0 Å². The fourth-order valence-corrected chi connectivity index (χ4v) is 5.40. The van der Waals surface area contributed by atoms with Crippen LogP contribution in [0, 0.1) is 0 Å². The second-order valence-corrected chi connectivity index (χ2v) is 9.18. The van der Waals surface area contributed by atoms with Gasteiger partial charge in [-0.1, -0.05) is 30.3 Å². The predicted molar refractivity (Wildman–Crippen MR) is 128 cm³/mol. The summed E-state index contributed by atoms with van der Waals surface area (Å²) in [7, 11) is 1.18. The van der Waals surface area contributed by atoms with E-state index in [1.807, 2.05) is 0 Å². The van der Waals surface area contributed by atoms with E-state index in [9.17, 15) is 44.3 Å². The molecule has 0 aromatic heterocycles. The fourth-order valence-electron chi connectivity index (χ4n) is 5.40. The average Bonchev–Trinajstić information content (AvgIpc) is 2.84. The first-order valence-corrected chi connectivity index (χ1v) is 11.6. The number of hydrogen-bond acceptors (Lipinski definition) is 2. The summed E-state index contributed by atoms with van der Waals surface area (Å²) < 4.78 is 130. The molecule has 0 atom stereocenters. The SMILES string of the molecule is COC(=O)CCCc1ccc2c3ccc(C(F)(F)F)c4c(C(F)(F)F)ccc(c5ccc(C(F)(F)F)c1c25)c43. The number of ether oxygens (including phenoxy) is 1. The summed E-state index contributed by atoms with van der Waals surface area (Å²) in [5.41, 5.74) is -3.72. The Morgan fingerprint density at radius 3 is 1.38 bits per heavy atom. The highest BCUT2D eigenvalue weighted by Crippen LogP contribution is 2.50. The van der Waals surface area contributed by atoms with Crippen molar-refractivity contribution in [1.82, 2.24) is 0 Å². The van der Waals surface area contributed by atoms with Crippen molar-refractivity contribution in [2.45, 2.75) is 37.8 Å². The van der Waals surface area contributed by atoms with Gasteiger partial charge in [0.1, 0.15) is 0 Å². The van der Waals surface area contributed by atoms with E-state index in [1.165, 1.54) is 19.2 Å². The summed E-state index contributed by atoms with van der Waals surface area (Å²) in [5, 5.41) is -1.39. The van der Waals surface area contributed by atoms with Crippen molar-refractivity contribution in [3.8, 4) is 0 Å². The van der Waals surface area contributed by atoms with Gasteiger partial charge in [-0.15, -0.1) is 0 Å². The smallest absolute Gasteiger partial charge is 0.417 e. The van der Waals surface area contributed by atoms with E-state index < -0.39 is 46.6 Å². The van der Waals surface area contributed by atoms with Crippen LogP contribution in [0.25, 0.3) is 43.1 Å². The maximum atomic E-state index is 14.2. The molecule has 11 heteroatoms. The maximum absolute atomic E-state index is 14.2. The van der Waals surface area contributed by atoms with E-state index in [0.29, 0.717) is 12.1 Å². The first-order chi connectivity index (χ1) is 18.1. The van der Waals surface area contributed by atoms with Crippen molar-refractivity contribution in [1.29, 1.82) is 0 Å². The first kappa shape index (κ1) is 26.8. The van der Waals surface area contributed by atoms with Gasteiger partial charge in [-0.25, -0.2) is 0 Å². The van der Waals surface area contributed by atoms with Crippen molar-refractivity contribution in [2.75, 3.05) is 7.11 Å². The summed E-state index contributed by atoms with van der Waals surface area (Å²) in [6, 6.07) is 7.72. The lowest BCUT2D eigenvalue weighted by Crippen LogP contribution is -2.12. The third-order valence-electron chi connectivity index (χ3n) is 6.96. The number of methoxy groups -OCH3 is 1. The van der Waals surface area contributed by atoms with Crippen LogP contribution in [0.15, 0.2) is 48.5 Å².